The highest BCUT2D eigenvalue weighted by atomic mass is 16.5. The number of rotatable bonds is 1. The van der Waals surface area contributed by atoms with E-state index in [1.165, 1.54) is 19.3 Å². The van der Waals surface area contributed by atoms with Crippen LogP contribution in [-0.2, 0) is 4.74 Å². The Morgan fingerprint density at radius 1 is 1.00 bits per heavy atom. The Morgan fingerprint density at radius 3 is 1.67 bits per heavy atom. The van der Waals surface area contributed by atoms with Crippen LogP contribution in [0.3, 0.4) is 0 Å². The van der Waals surface area contributed by atoms with Gasteiger partial charge in [0.15, 0.2) is 0 Å². The summed E-state index contributed by atoms with van der Waals surface area (Å²) in [5.74, 6) is 0.903. The zero-order chi connectivity index (χ0) is 9.98. The lowest BCUT2D eigenvalue weighted by Crippen LogP contribution is -2.03. The van der Waals surface area contributed by atoms with Crippen molar-refractivity contribution in [2.24, 2.45) is 5.92 Å². The van der Waals surface area contributed by atoms with Crippen molar-refractivity contribution in [1.82, 2.24) is 0 Å². The Balaban J connectivity index is 0. The highest BCUT2D eigenvalue weighted by molar-refractivity contribution is 4.71. The first-order chi connectivity index (χ1) is 5.83. The summed E-state index contributed by atoms with van der Waals surface area (Å²) in [6.45, 7) is 10.3. The molecule has 76 valence electrons. The maximum atomic E-state index is 5.18. The maximum Gasteiger partial charge on any atom is 0.0574 e. The summed E-state index contributed by atoms with van der Waals surface area (Å²) in [5, 5.41) is 0. The average molecular weight is 174 g/mol. The molecule has 12 heavy (non-hydrogen) atoms. The molecule has 0 spiro atoms. The fraction of sp³-hybridized carbons (Fsp3) is 1.00. The van der Waals surface area contributed by atoms with E-state index in [0.29, 0.717) is 6.10 Å². The van der Waals surface area contributed by atoms with E-state index in [1.54, 1.807) is 0 Å². The van der Waals surface area contributed by atoms with Crippen LogP contribution in [0.4, 0.5) is 0 Å². The molecule has 0 heterocycles. The molecule has 0 aromatic heterocycles. The first-order valence-corrected chi connectivity index (χ1v) is 5.35. The van der Waals surface area contributed by atoms with Crippen LogP contribution in [0.25, 0.3) is 0 Å². The third-order valence-electron chi connectivity index (χ3n) is 1.98. The van der Waals surface area contributed by atoms with Crippen LogP contribution in [-0.4, -0.2) is 13.2 Å². The fourth-order valence-corrected chi connectivity index (χ4v) is 1.37. The lowest BCUT2D eigenvalue weighted by Gasteiger charge is -2.04. The summed E-state index contributed by atoms with van der Waals surface area (Å²) in [4.78, 5) is 0. The first-order valence-electron chi connectivity index (χ1n) is 5.35. The zero-order valence-electron chi connectivity index (χ0n) is 9.68. The molecule has 1 fully saturated rings. The van der Waals surface area contributed by atoms with Crippen molar-refractivity contribution >= 4 is 0 Å². The SMILES string of the molecule is CC.CC.COC1CCC(C)C1. The molecule has 0 bridgehead atoms. The van der Waals surface area contributed by atoms with Gasteiger partial charge >= 0.3 is 0 Å². The van der Waals surface area contributed by atoms with Crippen LogP contribution in [0.1, 0.15) is 53.9 Å². The lowest BCUT2D eigenvalue weighted by molar-refractivity contribution is 0.106. The van der Waals surface area contributed by atoms with Crippen LogP contribution in [0, 0.1) is 5.92 Å². The van der Waals surface area contributed by atoms with Crippen LogP contribution >= 0.6 is 0 Å². The summed E-state index contributed by atoms with van der Waals surface area (Å²) in [7, 11) is 1.81. The quantitative estimate of drug-likeness (QED) is 0.586. The van der Waals surface area contributed by atoms with Gasteiger partial charge in [-0.15, -0.1) is 0 Å². The Morgan fingerprint density at radius 2 is 1.50 bits per heavy atom. The molecular weight excluding hydrogens is 148 g/mol. The van der Waals surface area contributed by atoms with Gasteiger partial charge in [0.25, 0.3) is 0 Å². The minimum absolute atomic E-state index is 0.574. The topological polar surface area (TPSA) is 9.23 Å². The van der Waals surface area contributed by atoms with Gasteiger partial charge in [0.1, 0.15) is 0 Å². The second-order valence-corrected chi connectivity index (χ2v) is 2.78. The molecule has 0 radical (unpaired) electrons. The molecule has 2 atom stereocenters. The van der Waals surface area contributed by atoms with Gasteiger partial charge in [-0.1, -0.05) is 34.6 Å². The average Bonchev–Trinajstić information content (AvgIpc) is 2.58. The molecule has 0 N–H and O–H groups in total. The normalized spacial score (nSPS) is 26.5. The molecule has 0 aromatic carbocycles. The van der Waals surface area contributed by atoms with Gasteiger partial charge in [-0.3, -0.25) is 0 Å². The summed E-state index contributed by atoms with van der Waals surface area (Å²) in [6, 6.07) is 0. The predicted molar refractivity (Wildman–Crippen MR) is 56.5 cm³/mol. The van der Waals surface area contributed by atoms with Gasteiger partial charge in [-0.25, -0.2) is 0 Å². The molecule has 0 aromatic rings. The minimum Gasteiger partial charge on any atom is -0.381 e. The molecule has 0 saturated heterocycles. The van der Waals surface area contributed by atoms with Gasteiger partial charge in [0, 0.05) is 7.11 Å². The molecule has 1 saturated carbocycles. The molecule has 1 nitrogen and oxygen atoms in total. The van der Waals surface area contributed by atoms with E-state index in [2.05, 4.69) is 6.92 Å². The smallest absolute Gasteiger partial charge is 0.0574 e. The number of hydrogen-bond donors (Lipinski definition) is 0. The molecule has 2 unspecified atom stereocenters. The standard InChI is InChI=1S/C7H14O.2C2H6/c1-6-3-4-7(5-6)8-2;2*1-2/h6-7H,3-5H2,1-2H3;2*1-2H3. The van der Waals surface area contributed by atoms with Gasteiger partial charge in [-0.05, 0) is 25.2 Å². The Kier molecular flexibility index (Phi) is 13.2. The minimum atomic E-state index is 0.574. The van der Waals surface area contributed by atoms with Crippen molar-refractivity contribution < 1.29 is 4.74 Å². The Labute approximate surface area is 78.5 Å². The van der Waals surface area contributed by atoms with E-state index in [1.807, 2.05) is 34.8 Å². The Bertz CT molecular complexity index is 71.4. The zero-order valence-corrected chi connectivity index (χ0v) is 9.68. The molecule has 1 aliphatic rings. The highest BCUT2D eigenvalue weighted by Gasteiger charge is 2.19. The second kappa shape index (κ2) is 11.0. The van der Waals surface area contributed by atoms with Crippen LogP contribution in [0.5, 0.6) is 0 Å². The fourth-order valence-electron chi connectivity index (χ4n) is 1.37. The van der Waals surface area contributed by atoms with Crippen molar-refractivity contribution in [1.29, 1.82) is 0 Å². The van der Waals surface area contributed by atoms with E-state index in [4.69, 9.17) is 4.74 Å². The van der Waals surface area contributed by atoms with Crippen molar-refractivity contribution in [3.8, 4) is 0 Å². The van der Waals surface area contributed by atoms with E-state index in [0.717, 1.165) is 5.92 Å². The first kappa shape index (κ1) is 14.5. The van der Waals surface area contributed by atoms with E-state index >= 15 is 0 Å². The maximum absolute atomic E-state index is 5.18. The van der Waals surface area contributed by atoms with Crippen LogP contribution in [0.15, 0.2) is 0 Å². The predicted octanol–water partition coefficient (Wildman–Crippen LogP) is 3.87. The van der Waals surface area contributed by atoms with E-state index < -0.39 is 0 Å². The summed E-state index contributed by atoms with van der Waals surface area (Å²) >= 11 is 0. The summed E-state index contributed by atoms with van der Waals surface area (Å²) in [5.41, 5.74) is 0. The van der Waals surface area contributed by atoms with Gasteiger partial charge < -0.3 is 4.74 Å². The third kappa shape index (κ3) is 6.66. The second-order valence-electron chi connectivity index (χ2n) is 2.78. The highest BCUT2D eigenvalue weighted by Crippen LogP contribution is 2.26. The Hall–Kier alpha value is -0.0400. The molecule has 1 rings (SSSR count). The molecule has 0 aliphatic heterocycles. The van der Waals surface area contributed by atoms with Crippen molar-refractivity contribution in [3.05, 3.63) is 0 Å². The third-order valence-corrected chi connectivity index (χ3v) is 1.98. The molecule has 1 heteroatoms. The van der Waals surface area contributed by atoms with Crippen LogP contribution < -0.4 is 0 Å². The molecule has 1 aliphatic carbocycles. The number of ether oxygens (including phenoxy) is 1. The van der Waals surface area contributed by atoms with Gasteiger partial charge in [-0.2, -0.15) is 0 Å². The van der Waals surface area contributed by atoms with Crippen molar-refractivity contribution in [2.75, 3.05) is 7.11 Å². The molecule has 0 amide bonds. The largest absolute Gasteiger partial charge is 0.381 e. The monoisotopic (exact) mass is 174 g/mol. The van der Waals surface area contributed by atoms with Crippen molar-refractivity contribution in [2.45, 2.75) is 60.0 Å². The van der Waals surface area contributed by atoms with Crippen molar-refractivity contribution in [3.63, 3.8) is 0 Å². The van der Waals surface area contributed by atoms with E-state index in [9.17, 15) is 0 Å². The lowest BCUT2D eigenvalue weighted by atomic mass is 10.1. The molecular formula is C11H26O. The summed E-state index contributed by atoms with van der Waals surface area (Å²) < 4.78 is 5.18. The van der Waals surface area contributed by atoms with Crippen LogP contribution in [0.2, 0.25) is 0 Å². The van der Waals surface area contributed by atoms with Gasteiger partial charge in [0.2, 0.25) is 0 Å². The van der Waals surface area contributed by atoms with Gasteiger partial charge in [0.05, 0.1) is 6.10 Å². The summed E-state index contributed by atoms with van der Waals surface area (Å²) in [6.07, 6.45) is 4.48. The number of methoxy groups -OCH3 is 1. The number of hydrogen-bond acceptors (Lipinski definition) is 1. The van der Waals surface area contributed by atoms with E-state index in [-0.39, 0.29) is 0 Å².